The van der Waals surface area contributed by atoms with Crippen LogP contribution in [0.15, 0.2) is 29.2 Å². The molecule has 1 aromatic carbocycles. The molecule has 0 aromatic heterocycles. The Bertz CT molecular complexity index is 469. The van der Waals surface area contributed by atoms with Gasteiger partial charge in [-0.25, -0.2) is 8.42 Å². The summed E-state index contributed by atoms with van der Waals surface area (Å²) >= 11 is 0. The maximum Gasteiger partial charge on any atom is 0.233 e. The van der Waals surface area contributed by atoms with Crippen LogP contribution in [0.2, 0.25) is 0 Å². The number of rotatable bonds is 4. The van der Waals surface area contributed by atoms with E-state index in [1.807, 2.05) is 0 Å². The number of amides is 1. The van der Waals surface area contributed by atoms with Gasteiger partial charge in [0.2, 0.25) is 5.91 Å². The normalized spacial score (nSPS) is 11.0. The molecule has 0 bridgehead atoms. The highest BCUT2D eigenvalue weighted by Crippen LogP contribution is 2.20. The van der Waals surface area contributed by atoms with Crippen LogP contribution in [0.25, 0.3) is 0 Å². The second-order valence-corrected chi connectivity index (χ2v) is 4.79. The van der Waals surface area contributed by atoms with Crippen molar-refractivity contribution in [2.45, 2.75) is 4.90 Å². The van der Waals surface area contributed by atoms with E-state index in [4.69, 9.17) is 10.9 Å². The largest absolute Gasteiger partial charge is 0.369 e. The van der Waals surface area contributed by atoms with Crippen molar-refractivity contribution in [3.63, 3.8) is 0 Å². The summed E-state index contributed by atoms with van der Waals surface area (Å²) in [6.45, 7) is 0. The Labute approximate surface area is 86.6 Å². The molecule has 7 heteroatoms. The maximum atomic E-state index is 11.6. The van der Waals surface area contributed by atoms with Gasteiger partial charge in [-0.3, -0.25) is 15.5 Å². The van der Waals surface area contributed by atoms with Gasteiger partial charge in [0.25, 0.3) is 0 Å². The molecular formula is C8H10N2O4S. The Morgan fingerprint density at radius 1 is 1.40 bits per heavy atom. The molecule has 1 aromatic rings. The lowest BCUT2D eigenvalue weighted by Crippen LogP contribution is -2.23. The molecule has 6 nitrogen and oxygen atoms in total. The molecule has 0 aliphatic carbocycles. The van der Waals surface area contributed by atoms with Crippen molar-refractivity contribution >= 4 is 21.4 Å². The van der Waals surface area contributed by atoms with Crippen LogP contribution in [0.1, 0.15) is 0 Å². The van der Waals surface area contributed by atoms with E-state index in [1.165, 1.54) is 18.2 Å². The fourth-order valence-electron chi connectivity index (χ4n) is 1.10. The molecule has 0 radical (unpaired) electrons. The van der Waals surface area contributed by atoms with Crippen LogP contribution in [0.4, 0.5) is 5.69 Å². The number of carbonyl (C=O) groups excluding carboxylic acids is 1. The zero-order valence-electron chi connectivity index (χ0n) is 7.67. The van der Waals surface area contributed by atoms with Crippen molar-refractivity contribution in [3.05, 3.63) is 24.3 Å². The average Bonchev–Trinajstić information content (AvgIpc) is 2.16. The lowest BCUT2D eigenvalue weighted by atomic mass is 10.3. The second kappa shape index (κ2) is 4.28. The minimum Gasteiger partial charge on any atom is -0.369 e. The molecule has 0 fully saturated rings. The van der Waals surface area contributed by atoms with Gasteiger partial charge in [0.05, 0.1) is 10.6 Å². The summed E-state index contributed by atoms with van der Waals surface area (Å²) < 4.78 is 23.1. The number of nitrogens with two attached hydrogens (primary N) is 1. The van der Waals surface area contributed by atoms with Crippen LogP contribution in [-0.2, 0) is 14.6 Å². The quantitative estimate of drug-likeness (QED) is 0.618. The number of hydrogen-bond acceptors (Lipinski definition) is 5. The van der Waals surface area contributed by atoms with E-state index in [0.29, 0.717) is 0 Å². The topological polar surface area (TPSA) is 109 Å². The Kier molecular flexibility index (Phi) is 3.28. The van der Waals surface area contributed by atoms with Gasteiger partial charge >= 0.3 is 0 Å². The fourth-order valence-corrected chi connectivity index (χ4v) is 2.36. The van der Waals surface area contributed by atoms with E-state index < -0.39 is 21.5 Å². The molecule has 0 aliphatic rings. The first kappa shape index (κ1) is 11.5. The molecule has 0 unspecified atom stereocenters. The second-order valence-electron chi connectivity index (χ2n) is 2.83. The van der Waals surface area contributed by atoms with Crippen LogP contribution in [0.3, 0.4) is 0 Å². The summed E-state index contributed by atoms with van der Waals surface area (Å²) in [5.41, 5.74) is 6.56. The highest BCUT2D eigenvalue weighted by molar-refractivity contribution is 7.92. The Balaban J connectivity index is 3.20. The minimum atomic E-state index is -3.80. The number of carbonyl (C=O) groups is 1. The molecule has 0 spiro atoms. The lowest BCUT2D eigenvalue weighted by molar-refractivity contribution is -0.115. The minimum absolute atomic E-state index is 0.0127. The third-order valence-electron chi connectivity index (χ3n) is 1.67. The number of benzene rings is 1. The van der Waals surface area contributed by atoms with Crippen molar-refractivity contribution in [1.82, 2.24) is 0 Å². The lowest BCUT2D eigenvalue weighted by Gasteiger charge is -2.07. The van der Waals surface area contributed by atoms with Gasteiger partial charge in [0.15, 0.2) is 9.84 Å². The molecule has 82 valence electrons. The third kappa shape index (κ3) is 2.67. The first-order valence-electron chi connectivity index (χ1n) is 3.97. The van der Waals surface area contributed by atoms with Gasteiger partial charge in [-0.2, -0.15) is 0 Å². The highest BCUT2D eigenvalue weighted by atomic mass is 32.2. The summed E-state index contributed by atoms with van der Waals surface area (Å²) in [6.07, 6.45) is 0. The zero-order valence-corrected chi connectivity index (χ0v) is 8.49. The number of sulfone groups is 1. The summed E-state index contributed by atoms with van der Waals surface area (Å²) in [7, 11) is -3.80. The molecule has 4 N–H and O–H groups in total. The number of nitrogens with one attached hydrogen (secondary N) is 1. The summed E-state index contributed by atoms with van der Waals surface area (Å²) in [4.78, 5) is 10.4. The predicted octanol–water partition coefficient (Wildman–Crippen LogP) is -0.253. The Morgan fingerprint density at radius 3 is 2.53 bits per heavy atom. The van der Waals surface area contributed by atoms with Crippen molar-refractivity contribution in [1.29, 1.82) is 0 Å². The Hall–Kier alpha value is -1.60. The first-order chi connectivity index (χ1) is 6.97. The third-order valence-corrected chi connectivity index (χ3v) is 3.37. The smallest absolute Gasteiger partial charge is 0.233 e. The van der Waals surface area contributed by atoms with Crippen molar-refractivity contribution < 1.29 is 18.4 Å². The molecule has 0 atom stereocenters. The molecule has 0 saturated heterocycles. The van der Waals surface area contributed by atoms with Crippen molar-refractivity contribution in [2.75, 3.05) is 11.2 Å². The fraction of sp³-hybridized carbons (Fsp3) is 0.125. The molecule has 0 saturated carbocycles. The summed E-state index contributed by atoms with van der Waals surface area (Å²) in [5, 5.41) is 8.69. The van der Waals surface area contributed by atoms with E-state index in [0.717, 1.165) is 0 Å². The molecule has 0 aliphatic heterocycles. The molecule has 1 amide bonds. The van der Waals surface area contributed by atoms with Crippen LogP contribution in [0.5, 0.6) is 0 Å². The van der Waals surface area contributed by atoms with Gasteiger partial charge in [-0.15, -0.1) is 0 Å². The SMILES string of the molecule is NC(=O)CS(=O)(=O)c1ccccc1NO. The van der Waals surface area contributed by atoms with Crippen LogP contribution >= 0.6 is 0 Å². The van der Waals surface area contributed by atoms with E-state index >= 15 is 0 Å². The van der Waals surface area contributed by atoms with Crippen molar-refractivity contribution in [2.24, 2.45) is 5.73 Å². The van der Waals surface area contributed by atoms with Gasteiger partial charge in [-0.1, -0.05) is 12.1 Å². The molecular weight excluding hydrogens is 220 g/mol. The number of anilines is 1. The standard InChI is InChI=1S/C8H10N2O4S/c9-8(11)5-15(13,14)7-4-2-1-3-6(7)10-12/h1-4,10,12H,5H2,(H2,9,11). The average molecular weight is 230 g/mol. The van der Waals surface area contributed by atoms with Crippen LogP contribution < -0.4 is 11.2 Å². The number of para-hydroxylation sites is 1. The van der Waals surface area contributed by atoms with Gasteiger partial charge in [0.1, 0.15) is 5.75 Å². The van der Waals surface area contributed by atoms with Crippen LogP contribution in [-0.4, -0.2) is 25.3 Å². The number of hydrogen-bond donors (Lipinski definition) is 3. The molecule has 1 rings (SSSR count). The van der Waals surface area contributed by atoms with E-state index in [2.05, 4.69) is 0 Å². The van der Waals surface area contributed by atoms with Gasteiger partial charge in [-0.05, 0) is 12.1 Å². The first-order valence-corrected chi connectivity index (χ1v) is 5.63. The van der Waals surface area contributed by atoms with E-state index in [1.54, 1.807) is 11.5 Å². The molecule has 0 heterocycles. The van der Waals surface area contributed by atoms with E-state index in [9.17, 15) is 13.2 Å². The Morgan fingerprint density at radius 2 is 2.00 bits per heavy atom. The zero-order chi connectivity index (χ0) is 11.5. The summed E-state index contributed by atoms with van der Waals surface area (Å²) in [6, 6.07) is 5.67. The monoisotopic (exact) mass is 230 g/mol. The van der Waals surface area contributed by atoms with E-state index in [-0.39, 0.29) is 10.6 Å². The summed E-state index contributed by atoms with van der Waals surface area (Å²) in [5.74, 6) is -1.73. The van der Waals surface area contributed by atoms with Gasteiger partial charge in [0, 0.05) is 0 Å². The highest BCUT2D eigenvalue weighted by Gasteiger charge is 2.20. The van der Waals surface area contributed by atoms with Crippen molar-refractivity contribution in [3.8, 4) is 0 Å². The maximum absolute atomic E-state index is 11.6. The predicted molar refractivity (Wildman–Crippen MR) is 53.1 cm³/mol. The molecule has 15 heavy (non-hydrogen) atoms. The van der Waals surface area contributed by atoms with Crippen LogP contribution in [0, 0.1) is 0 Å². The van der Waals surface area contributed by atoms with Gasteiger partial charge < -0.3 is 5.73 Å². The number of primary amides is 1.